The van der Waals surface area contributed by atoms with E-state index < -0.39 is 0 Å². The van der Waals surface area contributed by atoms with E-state index >= 15 is 0 Å². The van der Waals surface area contributed by atoms with Gasteiger partial charge in [0.15, 0.2) is 0 Å². The van der Waals surface area contributed by atoms with Gasteiger partial charge in [-0.15, -0.1) is 0 Å². The predicted octanol–water partition coefficient (Wildman–Crippen LogP) is 3.03. The molecule has 0 fully saturated rings. The van der Waals surface area contributed by atoms with Crippen LogP contribution < -0.4 is 4.74 Å². The number of hydrogen-bond acceptors (Lipinski definition) is 3. The number of benzene rings is 1. The number of hydrogen-bond donors (Lipinski definition) is 0. The van der Waals surface area contributed by atoms with Crippen LogP contribution in [0.15, 0.2) is 24.3 Å². The van der Waals surface area contributed by atoms with Crippen LogP contribution in [0.5, 0.6) is 5.75 Å². The Morgan fingerprint density at radius 3 is 2.50 bits per heavy atom. The Hall–Kier alpha value is -1.03. The monoisotopic (exact) mass is 286 g/mol. The minimum Gasteiger partial charge on any atom is -0.497 e. The van der Waals surface area contributed by atoms with Crippen LogP contribution in [-0.2, 0) is 4.74 Å². The first kappa shape index (κ1) is 13.0. The van der Waals surface area contributed by atoms with Crippen molar-refractivity contribution >= 4 is 21.9 Å². The van der Waals surface area contributed by atoms with Crippen molar-refractivity contribution < 1.29 is 14.3 Å². The van der Waals surface area contributed by atoms with E-state index in [1.807, 2.05) is 6.92 Å². The van der Waals surface area contributed by atoms with Gasteiger partial charge in [-0.3, -0.25) is 0 Å². The summed E-state index contributed by atoms with van der Waals surface area (Å²) >= 11 is 3.39. The van der Waals surface area contributed by atoms with Gasteiger partial charge in [0.05, 0.1) is 19.3 Å². The number of esters is 1. The topological polar surface area (TPSA) is 35.5 Å². The van der Waals surface area contributed by atoms with Crippen molar-refractivity contribution in [3.8, 4) is 5.75 Å². The van der Waals surface area contributed by atoms with E-state index in [4.69, 9.17) is 9.47 Å². The minimum absolute atomic E-state index is 0.296. The first-order valence-corrected chi connectivity index (χ1v) is 6.00. The standard InChI is InChI=1S/C12H15BrO3/c1-9(13)7-8-16-12(14)10-3-5-11(15-2)6-4-10/h3-6,9H,7-8H2,1-2H3. The summed E-state index contributed by atoms with van der Waals surface area (Å²) in [5, 5.41) is 0. The number of halogens is 1. The second-order valence-electron chi connectivity index (χ2n) is 3.43. The summed E-state index contributed by atoms with van der Waals surface area (Å²) in [6, 6.07) is 6.87. The zero-order valence-corrected chi connectivity index (χ0v) is 11.0. The van der Waals surface area contributed by atoms with Crippen molar-refractivity contribution in [1.29, 1.82) is 0 Å². The lowest BCUT2D eigenvalue weighted by Crippen LogP contribution is -2.08. The maximum absolute atomic E-state index is 11.5. The number of alkyl halides is 1. The molecule has 0 radical (unpaired) electrons. The third-order valence-electron chi connectivity index (χ3n) is 2.07. The average Bonchev–Trinajstić information content (AvgIpc) is 2.28. The van der Waals surface area contributed by atoms with Gasteiger partial charge < -0.3 is 9.47 Å². The van der Waals surface area contributed by atoms with Crippen LogP contribution in [0.1, 0.15) is 23.7 Å². The average molecular weight is 287 g/mol. The summed E-state index contributed by atoms with van der Waals surface area (Å²) in [7, 11) is 1.59. The third kappa shape index (κ3) is 4.23. The molecule has 4 heteroatoms. The van der Waals surface area contributed by atoms with Crippen LogP contribution in [0.25, 0.3) is 0 Å². The molecule has 0 aliphatic rings. The van der Waals surface area contributed by atoms with E-state index in [0.717, 1.165) is 12.2 Å². The summed E-state index contributed by atoms with van der Waals surface area (Å²) in [6.07, 6.45) is 0.807. The zero-order chi connectivity index (χ0) is 12.0. The van der Waals surface area contributed by atoms with Crippen LogP contribution in [-0.4, -0.2) is 24.5 Å². The predicted molar refractivity (Wildman–Crippen MR) is 66.3 cm³/mol. The van der Waals surface area contributed by atoms with E-state index in [9.17, 15) is 4.79 Å². The van der Waals surface area contributed by atoms with Gasteiger partial charge in [-0.2, -0.15) is 0 Å². The molecule has 0 saturated carbocycles. The second kappa shape index (κ2) is 6.53. The molecule has 0 aromatic heterocycles. The fraction of sp³-hybridized carbons (Fsp3) is 0.417. The number of methoxy groups -OCH3 is 1. The first-order valence-electron chi connectivity index (χ1n) is 5.08. The van der Waals surface area contributed by atoms with E-state index in [1.165, 1.54) is 0 Å². The highest BCUT2D eigenvalue weighted by molar-refractivity contribution is 9.09. The highest BCUT2D eigenvalue weighted by Crippen LogP contribution is 2.12. The maximum atomic E-state index is 11.5. The Kier molecular flexibility index (Phi) is 5.32. The summed E-state index contributed by atoms with van der Waals surface area (Å²) in [4.78, 5) is 11.9. The lowest BCUT2D eigenvalue weighted by atomic mass is 10.2. The minimum atomic E-state index is -0.296. The molecule has 1 rings (SSSR count). The van der Waals surface area contributed by atoms with Gasteiger partial charge in [0.2, 0.25) is 0 Å². The maximum Gasteiger partial charge on any atom is 0.338 e. The molecular formula is C12H15BrO3. The zero-order valence-electron chi connectivity index (χ0n) is 9.40. The molecule has 0 aliphatic carbocycles. The molecule has 16 heavy (non-hydrogen) atoms. The largest absolute Gasteiger partial charge is 0.497 e. The molecule has 0 heterocycles. The lowest BCUT2D eigenvalue weighted by Gasteiger charge is -2.06. The molecule has 0 bridgehead atoms. The van der Waals surface area contributed by atoms with Crippen LogP contribution in [0, 0.1) is 0 Å². The van der Waals surface area contributed by atoms with Crippen molar-refractivity contribution in [3.63, 3.8) is 0 Å². The fourth-order valence-electron chi connectivity index (χ4n) is 1.12. The normalized spacial score (nSPS) is 11.9. The summed E-state index contributed by atoms with van der Waals surface area (Å²) in [6.45, 7) is 2.44. The highest BCUT2D eigenvalue weighted by Gasteiger charge is 2.07. The molecule has 0 spiro atoms. The molecule has 88 valence electrons. The molecule has 0 amide bonds. The number of ether oxygens (including phenoxy) is 2. The molecule has 1 aromatic carbocycles. The van der Waals surface area contributed by atoms with E-state index in [2.05, 4.69) is 15.9 Å². The van der Waals surface area contributed by atoms with Gasteiger partial charge in [-0.25, -0.2) is 4.79 Å². The van der Waals surface area contributed by atoms with Crippen LogP contribution in [0.3, 0.4) is 0 Å². The third-order valence-corrected chi connectivity index (χ3v) is 2.53. The molecule has 3 nitrogen and oxygen atoms in total. The molecule has 1 unspecified atom stereocenters. The second-order valence-corrected chi connectivity index (χ2v) is 5.00. The van der Waals surface area contributed by atoms with Gasteiger partial charge in [0, 0.05) is 4.83 Å². The van der Waals surface area contributed by atoms with Crippen molar-refractivity contribution in [2.75, 3.05) is 13.7 Å². The fourth-order valence-corrected chi connectivity index (χ4v) is 1.31. The van der Waals surface area contributed by atoms with Gasteiger partial charge in [0.1, 0.15) is 5.75 Å². The van der Waals surface area contributed by atoms with E-state index in [-0.39, 0.29) is 5.97 Å². The number of carbonyl (C=O) groups is 1. The van der Waals surface area contributed by atoms with Crippen molar-refractivity contribution in [2.24, 2.45) is 0 Å². The Labute approximate surface area is 104 Å². The highest BCUT2D eigenvalue weighted by atomic mass is 79.9. The molecule has 0 aliphatic heterocycles. The molecule has 1 atom stereocenters. The van der Waals surface area contributed by atoms with Gasteiger partial charge >= 0.3 is 5.97 Å². The van der Waals surface area contributed by atoms with Crippen molar-refractivity contribution in [2.45, 2.75) is 18.2 Å². The lowest BCUT2D eigenvalue weighted by molar-refractivity contribution is 0.0501. The van der Waals surface area contributed by atoms with Crippen LogP contribution in [0.4, 0.5) is 0 Å². The Morgan fingerprint density at radius 2 is 2.00 bits per heavy atom. The Balaban J connectivity index is 2.46. The van der Waals surface area contributed by atoms with Gasteiger partial charge in [0.25, 0.3) is 0 Å². The summed E-state index contributed by atoms with van der Waals surface area (Å²) in [5.74, 6) is 0.432. The van der Waals surface area contributed by atoms with E-state index in [0.29, 0.717) is 17.0 Å². The van der Waals surface area contributed by atoms with Gasteiger partial charge in [-0.05, 0) is 30.7 Å². The Bertz CT molecular complexity index is 333. The van der Waals surface area contributed by atoms with Crippen molar-refractivity contribution in [1.82, 2.24) is 0 Å². The molecular weight excluding hydrogens is 272 g/mol. The summed E-state index contributed by atoms with van der Waals surface area (Å²) < 4.78 is 10.1. The van der Waals surface area contributed by atoms with Crippen LogP contribution >= 0.6 is 15.9 Å². The summed E-state index contributed by atoms with van der Waals surface area (Å²) in [5.41, 5.74) is 0.544. The molecule has 1 aromatic rings. The molecule has 0 N–H and O–H groups in total. The first-order chi connectivity index (χ1) is 7.63. The smallest absolute Gasteiger partial charge is 0.338 e. The number of rotatable bonds is 5. The Morgan fingerprint density at radius 1 is 1.38 bits per heavy atom. The van der Waals surface area contributed by atoms with Gasteiger partial charge in [-0.1, -0.05) is 22.9 Å². The molecule has 0 saturated heterocycles. The SMILES string of the molecule is COc1ccc(C(=O)OCCC(C)Br)cc1. The number of carbonyl (C=O) groups excluding carboxylic acids is 1. The quantitative estimate of drug-likeness (QED) is 0.617. The van der Waals surface area contributed by atoms with E-state index in [1.54, 1.807) is 31.4 Å². The van der Waals surface area contributed by atoms with Crippen LogP contribution in [0.2, 0.25) is 0 Å². The van der Waals surface area contributed by atoms with Crippen molar-refractivity contribution in [3.05, 3.63) is 29.8 Å².